The van der Waals surface area contributed by atoms with E-state index in [9.17, 15) is 0 Å². The summed E-state index contributed by atoms with van der Waals surface area (Å²) < 4.78 is 12.7. The molecule has 170 valence electrons. The van der Waals surface area contributed by atoms with E-state index >= 15 is 0 Å². The second kappa shape index (κ2) is 9.03. The van der Waals surface area contributed by atoms with Crippen molar-refractivity contribution in [3.8, 4) is 17.3 Å². The first kappa shape index (κ1) is 21.1. The summed E-state index contributed by atoms with van der Waals surface area (Å²) in [5.41, 5.74) is 4.43. The van der Waals surface area contributed by atoms with Crippen molar-refractivity contribution in [3.05, 3.63) is 48.9 Å². The highest BCUT2D eigenvalue weighted by atomic mass is 16.5. The number of hydrogen-bond donors (Lipinski definition) is 1. The quantitative estimate of drug-likeness (QED) is 0.475. The molecule has 1 saturated heterocycles. The first-order valence-corrected chi connectivity index (χ1v) is 11.1. The molecule has 9 nitrogen and oxygen atoms in total. The number of ether oxygens (including phenoxy) is 2. The lowest BCUT2D eigenvalue weighted by Gasteiger charge is -2.28. The molecular formula is C24H27N7O2. The lowest BCUT2D eigenvalue weighted by atomic mass is 10.2. The second-order valence-corrected chi connectivity index (χ2v) is 8.17. The van der Waals surface area contributed by atoms with Gasteiger partial charge in [0.25, 0.3) is 0 Å². The fourth-order valence-corrected chi connectivity index (χ4v) is 3.86. The fourth-order valence-electron chi connectivity index (χ4n) is 3.86. The van der Waals surface area contributed by atoms with E-state index in [1.54, 1.807) is 19.4 Å². The number of aromatic nitrogens is 5. The maximum atomic E-state index is 5.46. The average Bonchev–Trinajstić information content (AvgIpc) is 3.30. The molecule has 0 spiro atoms. The smallest absolute Gasteiger partial charge is 0.212 e. The van der Waals surface area contributed by atoms with Crippen LogP contribution in [0.15, 0.2) is 48.9 Å². The molecule has 0 radical (unpaired) electrons. The zero-order valence-electron chi connectivity index (χ0n) is 19.0. The lowest BCUT2D eigenvalue weighted by Crippen LogP contribution is -2.36. The molecule has 4 aromatic rings. The summed E-state index contributed by atoms with van der Waals surface area (Å²) in [6.45, 7) is 7.56. The Morgan fingerprint density at radius 3 is 2.45 bits per heavy atom. The monoisotopic (exact) mass is 445 g/mol. The van der Waals surface area contributed by atoms with Crippen LogP contribution in [0.3, 0.4) is 0 Å². The third-order valence-electron chi connectivity index (χ3n) is 5.69. The van der Waals surface area contributed by atoms with Crippen molar-refractivity contribution >= 4 is 28.4 Å². The van der Waals surface area contributed by atoms with Crippen molar-refractivity contribution in [1.29, 1.82) is 0 Å². The zero-order chi connectivity index (χ0) is 22.8. The molecule has 0 saturated carbocycles. The number of hydrogen-bond acceptors (Lipinski definition) is 8. The summed E-state index contributed by atoms with van der Waals surface area (Å²) in [6.07, 6.45) is 3.53. The van der Waals surface area contributed by atoms with Crippen molar-refractivity contribution in [3.63, 3.8) is 0 Å². The molecule has 4 heterocycles. The summed E-state index contributed by atoms with van der Waals surface area (Å²) in [6, 6.07) is 12.3. The third kappa shape index (κ3) is 4.31. The molecule has 1 aliphatic heterocycles. The van der Waals surface area contributed by atoms with Gasteiger partial charge in [-0.1, -0.05) is 0 Å². The Balaban J connectivity index is 1.50. The van der Waals surface area contributed by atoms with Crippen LogP contribution in [0.1, 0.15) is 19.9 Å². The number of anilines is 3. The largest absolute Gasteiger partial charge is 0.481 e. The standard InChI is InChI=1S/C24H27N7O2/c1-16(2)31-15-26-21-23(27-18-5-7-19(8-6-18)30-10-12-33-13-11-30)28-22(29-24(21)31)17-4-9-20(32-3)25-14-17/h4-9,14-16H,10-13H2,1-3H3,(H,27,28,29). The average molecular weight is 446 g/mol. The van der Waals surface area contributed by atoms with Gasteiger partial charge in [-0.25, -0.2) is 19.9 Å². The molecule has 1 fully saturated rings. The van der Waals surface area contributed by atoms with Gasteiger partial charge >= 0.3 is 0 Å². The van der Waals surface area contributed by atoms with Crippen LogP contribution in [0.2, 0.25) is 0 Å². The second-order valence-electron chi connectivity index (χ2n) is 8.17. The third-order valence-corrected chi connectivity index (χ3v) is 5.69. The van der Waals surface area contributed by atoms with Crippen molar-refractivity contribution in [2.45, 2.75) is 19.9 Å². The first-order chi connectivity index (χ1) is 16.1. The van der Waals surface area contributed by atoms with Gasteiger partial charge < -0.3 is 24.3 Å². The highest BCUT2D eigenvalue weighted by molar-refractivity contribution is 5.87. The maximum Gasteiger partial charge on any atom is 0.212 e. The Labute approximate surface area is 192 Å². The molecule has 0 bridgehead atoms. The van der Waals surface area contributed by atoms with Crippen LogP contribution in [-0.2, 0) is 4.74 Å². The zero-order valence-corrected chi connectivity index (χ0v) is 19.0. The van der Waals surface area contributed by atoms with Crippen LogP contribution in [-0.4, -0.2) is 57.9 Å². The number of imidazole rings is 1. The summed E-state index contributed by atoms with van der Waals surface area (Å²) in [5.74, 6) is 1.78. The molecule has 5 rings (SSSR count). The number of fused-ring (bicyclic) bond motifs is 1. The van der Waals surface area contributed by atoms with Crippen molar-refractivity contribution in [2.24, 2.45) is 0 Å². The number of nitrogens with one attached hydrogen (secondary N) is 1. The SMILES string of the molecule is COc1ccc(-c2nc(Nc3ccc(N4CCOCC4)cc3)c3ncn(C(C)C)c3n2)cn1. The van der Waals surface area contributed by atoms with E-state index in [-0.39, 0.29) is 6.04 Å². The number of methoxy groups -OCH3 is 1. The Kier molecular flexibility index (Phi) is 5.78. The molecule has 0 unspecified atom stereocenters. The number of benzene rings is 1. The number of morpholine rings is 1. The van der Waals surface area contributed by atoms with Gasteiger partial charge in [-0.3, -0.25) is 0 Å². The van der Waals surface area contributed by atoms with Crippen molar-refractivity contribution < 1.29 is 9.47 Å². The Morgan fingerprint density at radius 2 is 1.79 bits per heavy atom. The minimum absolute atomic E-state index is 0.215. The van der Waals surface area contributed by atoms with Gasteiger partial charge in [0.1, 0.15) is 0 Å². The van der Waals surface area contributed by atoms with Crippen molar-refractivity contribution in [1.82, 2.24) is 24.5 Å². The van der Waals surface area contributed by atoms with Crippen LogP contribution in [0.5, 0.6) is 5.88 Å². The number of pyridine rings is 1. The first-order valence-electron chi connectivity index (χ1n) is 11.1. The molecule has 0 amide bonds. The summed E-state index contributed by atoms with van der Waals surface area (Å²) in [5, 5.41) is 3.45. The lowest BCUT2D eigenvalue weighted by molar-refractivity contribution is 0.122. The topological polar surface area (TPSA) is 90.2 Å². The number of rotatable bonds is 6. The minimum atomic E-state index is 0.215. The van der Waals surface area contributed by atoms with E-state index in [2.05, 4.69) is 58.3 Å². The van der Waals surface area contributed by atoms with Crippen molar-refractivity contribution in [2.75, 3.05) is 43.6 Å². The molecule has 0 atom stereocenters. The molecule has 1 aromatic carbocycles. The van der Waals surface area contributed by atoms with E-state index in [0.717, 1.165) is 48.7 Å². The normalized spacial score (nSPS) is 14.1. The molecular weight excluding hydrogens is 418 g/mol. The predicted molar refractivity (Wildman–Crippen MR) is 128 cm³/mol. The van der Waals surface area contributed by atoms with E-state index in [0.29, 0.717) is 17.5 Å². The van der Waals surface area contributed by atoms with Crippen LogP contribution >= 0.6 is 0 Å². The molecule has 0 aliphatic carbocycles. The van der Waals surface area contributed by atoms with Crippen LogP contribution < -0.4 is 15.0 Å². The predicted octanol–water partition coefficient (Wildman–Crippen LogP) is 4.06. The van der Waals surface area contributed by atoms with Crippen LogP contribution in [0.4, 0.5) is 17.2 Å². The molecule has 1 aliphatic rings. The van der Waals surface area contributed by atoms with Gasteiger partial charge in [0.2, 0.25) is 5.88 Å². The highest BCUT2D eigenvalue weighted by Gasteiger charge is 2.17. The van der Waals surface area contributed by atoms with E-state index < -0.39 is 0 Å². The molecule has 3 aromatic heterocycles. The highest BCUT2D eigenvalue weighted by Crippen LogP contribution is 2.29. The maximum absolute atomic E-state index is 5.46. The van der Waals surface area contributed by atoms with E-state index in [1.165, 1.54) is 5.69 Å². The minimum Gasteiger partial charge on any atom is -0.481 e. The number of nitrogens with zero attached hydrogens (tertiary/aromatic N) is 6. The molecule has 33 heavy (non-hydrogen) atoms. The van der Waals surface area contributed by atoms with Gasteiger partial charge in [-0.05, 0) is 44.2 Å². The van der Waals surface area contributed by atoms with Crippen LogP contribution in [0, 0.1) is 0 Å². The Hall–Kier alpha value is -3.72. The summed E-state index contributed by atoms with van der Waals surface area (Å²) in [7, 11) is 1.60. The van der Waals surface area contributed by atoms with E-state index in [1.807, 2.05) is 17.0 Å². The summed E-state index contributed by atoms with van der Waals surface area (Å²) in [4.78, 5) is 20.9. The Bertz CT molecular complexity index is 1230. The molecule has 1 N–H and O–H groups in total. The fraction of sp³-hybridized carbons (Fsp3) is 0.333. The van der Waals surface area contributed by atoms with Gasteiger partial charge in [0.05, 0.1) is 26.7 Å². The summed E-state index contributed by atoms with van der Waals surface area (Å²) >= 11 is 0. The Morgan fingerprint density at radius 1 is 1.00 bits per heavy atom. The van der Waals surface area contributed by atoms with Gasteiger partial charge in [-0.15, -0.1) is 0 Å². The van der Waals surface area contributed by atoms with Gasteiger partial charge in [-0.2, -0.15) is 0 Å². The van der Waals surface area contributed by atoms with Gasteiger partial charge in [0, 0.05) is 48.3 Å². The van der Waals surface area contributed by atoms with Crippen LogP contribution in [0.25, 0.3) is 22.6 Å². The molecule has 9 heteroatoms. The van der Waals surface area contributed by atoms with E-state index in [4.69, 9.17) is 19.4 Å². The van der Waals surface area contributed by atoms with Gasteiger partial charge in [0.15, 0.2) is 22.8 Å².